The standard InChI is InChI=1S/C20H17F3N2O4S/c1-9-18(17-12(22)5-10(21)6-13(17)23)24-20(30-9)25-19(26)11-7-15(28-3)16(29-4)8-14(11)27-2/h5-8H,1-4H3,(H,24,25,26). The number of hydrogen-bond donors (Lipinski definition) is 1. The number of thiazole rings is 1. The zero-order chi connectivity index (χ0) is 22.0. The molecule has 10 heteroatoms. The fourth-order valence-corrected chi connectivity index (χ4v) is 3.64. The quantitative estimate of drug-likeness (QED) is 0.598. The van der Waals surface area contributed by atoms with Gasteiger partial charge in [0.15, 0.2) is 16.6 Å². The number of carbonyl (C=O) groups is 1. The van der Waals surface area contributed by atoms with Crippen molar-refractivity contribution in [1.82, 2.24) is 4.98 Å². The van der Waals surface area contributed by atoms with Crippen molar-refractivity contribution >= 4 is 22.4 Å². The second-order valence-electron chi connectivity index (χ2n) is 6.03. The van der Waals surface area contributed by atoms with Gasteiger partial charge in [-0.2, -0.15) is 0 Å². The number of amides is 1. The van der Waals surface area contributed by atoms with Crippen molar-refractivity contribution in [2.45, 2.75) is 6.92 Å². The number of anilines is 1. The molecule has 0 aliphatic rings. The predicted molar refractivity (Wildman–Crippen MR) is 106 cm³/mol. The molecule has 6 nitrogen and oxygen atoms in total. The molecular weight excluding hydrogens is 421 g/mol. The molecule has 1 N–H and O–H groups in total. The van der Waals surface area contributed by atoms with Crippen LogP contribution in [-0.2, 0) is 0 Å². The summed E-state index contributed by atoms with van der Waals surface area (Å²) >= 11 is 1.02. The molecule has 0 aliphatic carbocycles. The number of aryl methyl sites for hydroxylation is 1. The molecule has 0 saturated heterocycles. The predicted octanol–water partition coefficient (Wildman–Crippen LogP) is 4.81. The molecule has 0 radical (unpaired) electrons. The lowest BCUT2D eigenvalue weighted by Crippen LogP contribution is -2.13. The maximum Gasteiger partial charge on any atom is 0.261 e. The number of aromatic nitrogens is 1. The number of halogens is 3. The number of carbonyl (C=O) groups excluding carboxylic acids is 1. The van der Waals surface area contributed by atoms with E-state index < -0.39 is 28.9 Å². The third-order valence-corrected chi connectivity index (χ3v) is 5.10. The summed E-state index contributed by atoms with van der Waals surface area (Å²) in [5, 5.41) is 2.68. The van der Waals surface area contributed by atoms with Crippen LogP contribution in [0.1, 0.15) is 15.2 Å². The van der Waals surface area contributed by atoms with Gasteiger partial charge >= 0.3 is 0 Å². The Morgan fingerprint density at radius 2 is 1.50 bits per heavy atom. The second kappa shape index (κ2) is 8.62. The largest absolute Gasteiger partial charge is 0.496 e. The van der Waals surface area contributed by atoms with Crippen molar-refractivity contribution in [2.24, 2.45) is 0 Å². The van der Waals surface area contributed by atoms with E-state index >= 15 is 0 Å². The lowest BCUT2D eigenvalue weighted by molar-refractivity contribution is 0.102. The minimum Gasteiger partial charge on any atom is -0.496 e. The van der Waals surface area contributed by atoms with Gasteiger partial charge in [0.25, 0.3) is 5.91 Å². The van der Waals surface area contributed by atoms with E-state index in [1.54, 1.807) is 6.92 Å². The summed E-state index contributed by atoms with van der Waals surface area (Å²) in [5.41, 5.74) is -0.345. The average molecular weight is 438 g/mol. The molecule has 0 saturated carbocycles. The molecule has 3 aromatic rings. The topological polar surface area (TPSA) is 69.7 Å². The van der Waals surface area contributed by atoms with E-state index in [2.05, 4.69) is 10.3 Å². The molecule has 1 aromatic heterocycles. The van der Waals surface area contributed by atoms with E-state index in [4.69, 9.17) is 14.2 Å². The van der Waals surface area contributed by atoms with Crippen molar-refractivity contribution < 1.29 is 32.2 Å². The average Bonchev–Trinajstić information content (AvgIpc) is 3.05. The summed E-state index contributed by atoms with van der Waals surface area (Å²) in [6.07, 6.45) is 0. The monoisotopic (exact) mass is 438 g/mol. The molecular formula is C20H17F3N2O4S. The summed E-state index contributed by atoms with van der Waals surface area (Å²) in [7, 11) is 4.27. The molecule has 0 spiro atoms. The Morgan fingerprint density at radius 3 is 2.07 bits per heavy atom. The van der Waals surface area contributed by atoms with E-state index in [-0.39, 0.29) is 22.1 Å². The highest BCUT2D eigenvalue weighted by Crippen LogP contribution is 2.37. The highest BCUT2D eigenvalue weighted by atomic mass is 32.1. The zero-order valence-electron chi connectivity index (χ0n) is 16.4. The molecule has 1 amide bonds. The summed E-state index contributed by atoms with van der Waals surface area (Å²) < 4.78 is 57.1. The normalized spacial score (nSPS) is 10.6. The molecule has 3 rings (SSSR count). The Bertz CT molecular complexity index is 1090. The maximum absolute atomic E-state index is 14.1. The van der Waals surface area contributed by atoms with Gasteiger partial charge in [0.05, 0.1) is 38.2 Å². The molecule has 158 valence electrons. The van der Waals surface area contributed by atoms with Gasteiger partial charge in [-0.15, -0.1) is 11.3 Å². The summed E-state index contributed by atoms with van der Waals surface area (Å²) in [6, 6.07) is 4.08. The van der Waals surface area contributed by atoms with Crippen LogP contribution in [0.15, 0.2) is 24.3 Å². The smallest absolute Gasteiger partial charge is 0.261 e. The highest BCUT2D eigenvalue weighted by molar-refractivity contribution is 7.16. The van der Waals surface area contributed by atoms with Crippen molar-refractivity contribution in [3.63, 3.8) is 0 Å². The van der Waals surface area contributed by atoms with Crippen LogP contribution in [0, 0.1) is 24.4 Å². The van der Waals surface area contributed by atoms with Gasteiger partial charge in [-0.05, 0) is 6.92 Å². The van der Waals surface area contributed by atoms with Crippen LogP contribution >= 0.6 is 11.3 Å². The molecule has 30 heavy (non-hydrogen) atoms. The van der Waals surface area contributed by atoms with Gasteiger partial charge in [-0.3, -0.25) is 10.1 Å². The van der Waals surface area contributed by atoms with Crippen LogP contribution in [0.5, 0.6) is 17.2 Å². The van der Waals surface area contributed by atoms with Gasteiger partial charge in [0.2, 0.25) is 0 Å². The highest BCUT2D eigenvalue weighted by Gasteiger charge is 2.22. The van der Waals surface area contributed by atoms with Crippen LogP contribution in [0.25, 0.3) is 11.3 Å². The molecule has 0 fully saturated rings. The first-order valence-corrected chi connectivity index (χ1v) is 9.34. The summed E-state index contributed by atoms with van der Waals surface area (Å²) in [6.45, 7) is 1.59. The van der Waals surface area contributed by atoms with Crippen molar-refractivity contribution in [3.05, 3.63) is 52.2 Å². The molecule has 0 aliphatic heterocycles. The van der Waals surface area contributed by atoms with Crippen LogP contribution in [0.2, 0.25) is 0 Å². The first-order valence-electron chi connectivity index (χ1n) is 8.52. The van der Waals surface area contributed by atoms with Crippen molar-refractivity contribution in [2.75, 3.05) is 26.6 Å². The Morgan fingerprint density at radius 1 is 0.933 bits per heavy atom. The third-order valence-electron chi connectivity index (χ3n) is 4.21. The van der Waals surface area contributed by atoms with E-state index in [0.717, 1.165) is 11.3 Å². The summed E-state index contributed by atoms with van der Waals surface area (Å²) in [4.78, 5) is 17.3. The summed E-state index contributed by atoms with van der Waals surface area (Å²) in [5.74, 6) is -2.85. The Kier molecular flexibility index (Phi) is 6.16. The molecule has 1 heterocycles. The van der Waals surface area contributed by atoms with Crippen LogP contribution < -0.4 is 19.5 Å². The Labute approximate surface area is 174 Å². The number of rotatable bonds is 6. The lowest BCUT2D eigenvalue weighted by atomic mass is 10.1. The number of methoxy groups -OCH3 is 3. The molecule has 2 aromatic carbocycles. The van der Waals surface area contributed by atoms with E-state index in [9.17, 15) is 18.0 Å². The van der Waals surface area contributed by atoms with Gasteiger partial charge in [0, 0.05) is 29.1 Å². The second-order valence-corrected chi connectivity index (χ2v) is 7.23. The van der Waals surface area contributed by atoms with Crippen LogP contribution in [0.4, 0.5) is 18.3 Å². The van der Waals surface area contributed by atoms with Gasteiger partial charge in [-0.25, -0.2) is 18.2 Å². The third kappa shape index (κ3) is 4.04. The zero-order valence-corrected chi connectivity index (χ0v) is 17.2. The molecule has 0 unspecified atom stereocenters. The minimum absolute atomic E-state index is 0.0235. The first kappa shape index (κ1) is 21.4. The van der Waals surface area contributed by atoms with Crippen LogP contribution in [0.3, 0.4) is 0 Å². The van der Waals surface area contributed by atoms with Gasteiger partial charge < -0.3 is 14.2 Å². The first-order chi connectivity index (χ1) is 14.3. The number of nitrogens with zero attached hydrogens (tertiary/aromatic N) is 1. The Balaban J connectivity index is 1.96. The Hall–Kier alpha value is -3.27. The van der Waals surface area contributed by atoms with Crippen molar-refractivity contribution in [3.8, 4) is 28.5 Å². The SMILES string of the molecule is COc1cc(OC)c(C(=O)Nc2nc(-c3c(F)cc(F)cc3F)c(C)s2)cc1OC. The fourth-order valence-electron chi connectivity index (χ4n) is 2.82. The van der Waals surface area contributed by atoms with Gasteiger partial charge in [0.1, 0.15) is 23.2 Å². The maximum atomic E-state index is 14.1. The lowest BCUT2D eigenvalue weighted by Gasteiger charge is -2.13. The molecule has 0 bridgehead atoms. The number of nitrogens with one attached hydrogen (secondary N) is 1. The van der Waals surface area contributed by atoms with Crippen molar-refractivity contribution in [1.29, 1.82) is 0 Å². The number of ether oxygens (including phenoxy) is 3. The number of benzene rings is 2. The van der Waals surface area contributed by atoms with E-state index in [1.807, 2.05) is 0 Å². The number of hydrogen-bond acceptors (Lipinski definition) is 6. The van der Waals surface area contributed by atoms with Crippen LogP contribution in [-0.4, -0.2) is 32.2 Å². The van der Waals surface area contributed by atoms with E-state index in [1.165, 1.54) is 33.5 Å². The van der Waals surface area contributed by atoms with Gasteiger partial charge in [-0.1, -0.05) is 0 Å². The molecule has 0 atom stereocenters. The minimum atomic E-state index is -1.08. The fraction of sp³-hybridized carbons (Fsp3) is 0.200. The van der Waals surface area contributed by atoms with E-state index in [0.29, 0.717) is 28.5 Å².